The van der Waals surface area contributed by atoms with Crippen molar-refractivity contribution < 1.29 is 18.2 Å². The van der Waals surface area contributed by atoms with E-state index in [4.69, 9.17) is 9.15 Å². The Morgan fingerprint density at radius 1 is 1.15 bits per heavy atom. The van der Waals surface area contributed by atoms with E-state index >= 15 is 0 Å². The molecule has 0 aliphatic heterocycles. The summed E-state index contributed by atoms with van der Waals surface area (Å²) in [6.45, 7) is 0.358. The molecule has 1 amide bonds. The zero-order valence-corrected chi connectivity index (χ0v) is 17.0. The molecule has 3 aromatic rings. The maximum atomic E-state index is 12.4. The summed E-state index contributed by atoms with van der Waals surface area (Å²) < 4.78 is 24.0. The number of carbonyl (C=O) groups is 1. The molecule has 27 heavy (non-hydrogen) atoms. The maximum Gasteiger partial charge on any atom is 0.287 e. The van der Waals surface area contributed by atoms with Crippen LogP contribution in [0.1, 0.15) is 21.9 Å². The molecule has 0 fully saturated rings. The molecular formula is C20H18BrNO4S. The first-order valence-corrected chi connectivity index (χ1v) is 10.3. The highest BCUT2D eigenvalue weighted by Crippen LogP contribution is 2.18. The fourth-order valence-electron chi connectivity index (χ4n) is 2.43. The van der Waals surface area contributed by atoms with Crippen molar-refractivity contribution in [2.75, 3.05) is 7.11 Å². The third kappa shape index (κ3) is 5.30. The molecule has 1 N–H and O–H groups in total. The Labute approximate surface area is 168 Å². The molecule has 5 nitrogen and oxygen atoms in total. The van der Waals surface area contributed by atoms with Crippen LogP contribution in [0.3, 0.4) is 0 Å². The molecule has 0 aliphatic carbocycles. The van der Waals surface area contributed by atoms with Crippen molar-refractivity contribution in [2.24, 2.45) is 0 Å². The van der Waals surface area contributed by atoms with Crippen LogP contribution in [0.25, 0.3) is 0 Å². The molecule has 1 heterocycles. The second kappa shape index (κ2) is 9.01. The Kier molecular flexibility index (Phi) is 6.47. The predicted molar refractivity (Wildman–Crippen MR) is 107 cm³/mol. The van der Waals surface area contributed by atoms with Gasteiger partial charge in [-0.05, 0) is 54.1 Å². The number of hydrogen-bond donors (Lipinski definition) is 1. The highest BCUT2D eigenvalue weighted by atomic mass is 79.9. The number of ether oxygens (including phenoxy) is 1. The fourth-order valence-corrected chi connectivity index (χ4v) is 3.71. The lowest BCUT2D eigenvalue weighted by Crippen LogP contribution is -2.22. The standard InChI is InChI=1S/C20H18BrNO4S/c1-25-16-4-2-3-14(11-16)12-22-20(23)19-10-7-17(26-19)13-27(24)18-8-5-15(21)6-9-18/h2-11H,12-13H2,1H3,(H,22,23)/t27-/m0/s1. The first-order chi connectivity index (χ1) is 13.0. The number of rotatable bonds is 7. The number of benzene rings is 2. The Hall–Kier alpha value is -2.38. The van der Waals surface area contributed by atoms with Crippen LogP contribution in [0, 0.1) is 0 Å². The molecule has 0 unspecified atom stereocenters. The molecule has 1 aromatic heterocycles. The minimum atomic E-state index is -1.24. The van der Waals surface area contributed by atoms with Crippen LogP contribution in [-0.4, -0.2) is 17.2 Å². The van der Waals surface area contributed by atoms with Crippen molar-refractivity contribution in [1.29, 1.82) is 0 Å². The number of methoxy groups -OCH3 is 1. The van der Waals surface area contributed by atoms with E-state index in [-0.39, 0.29) is 17.4 Å². The van der Waals surface area contributed by atoms with Gasteiger partial charge in [-0.1, -0.05) is 28.1 Å². The summed E-state index contributed by atoms with van der Waals surface area (Å²) in [6, 6.07) is 18.0. The van der Waals surface area contributed by atoms with Gasteiger partial charge in [-0.3, -0.25) is 9.00 Å². The van der Waals surface area contributed by atoms with Gasteiger partial charge in [0, 0.05) is 15.9 Å². The van der Waals surface area contributed by atoms with E-state index in [0.29, 0.717) is 17.2 Å². The van der Waals surface area contributed by atoms with E-state index in [1.54, 1.807) is 31.4 Å². The van der Waals surface area contributed by atoms with Crippen LogP contribution in [-0.2, 0) is 23.1 Å². The lowest BCUT2D eigenvalue weighted by molar-refractivity contribution is 0.0921. The fraction of sp³-hybridized carbons (Fsp3) is 0.150. The molecule has 140 valence electrons. The van der Waals surface area contributed by atoms with Crippen LogP contribution in [0.2, 0.25) is 0 Å². The van der Waals surface area contributed by atoms with Crippen LogP contribution in [0.4, 0.5) is 0 Å². The van der Waals surface area contributed by atoms with Gasteiger partial charge in [0.25, 0.3) is 5.91 Å². The monoisotopic (exact) mass is 447 g/mol. The third-order valence-electron chi connectivity index (χ3n) is 3.82. The highest BCUT2D eigenvalue weighted by molar-refractivity contribution is 9.10. The SMILES string of the molecule is COc1cccc(CNC(=O)c2ccc(C[S@](=O)c3ccc(Br)cc3)o2)c1. The molecule has 1 atom stereocenters. The Morgan fingerprint density at radius 2 is 1.93 bits per heavy atom. The van der Waals surface area contributed by atoms with Gasteiger partial charge in [-0.2, -0.15) is 0 Å². The summed E-state index contributed by atoms with van der Waals surface area (Å²) in [5, 5.41) is 2.80. The zero-order valence-electron chi connectivity index (χ0n) is 14.6. The third-order valence-corrected chi connectivity index (χ3v) is 5.70. The average Bonchev–Trinajstić information content (AvgIpc) is 3.15. The number of furan rings is 1. The van der Waals surface area contributed by atoms with Gasteiger partial charge in [0.1, 0.15) is 11.5 Å². The van der Waals surface area contributed by atoms with Gasteiger partial charge in [0.2, 0.25) is 0 Å². The molecule has 2 aromatic carbocycles. The van der Waals surface area contributed by atoms with E-state index in [1.807, 2.05) is 36.4 Å². The van der Waals surface area contributed by atoms with Gasteiger partial charge in [0.05, 0.1) is 23.7 Å². The van der Waals surface area contributed by atoms with Gasteiger partial charge in [0.15, 0.2) is 5.76 Å². The summed E-state index contributed by atoms with van der Waals surface area (Å²) in [7, 11) is 0.358. The van der Waals surface area contributed by atoms with Gasteiger partial charge in [-0.25, -0.2) is 0 Å². The van der Waals surface area contributed by atoms with Crippen molar-refractivity contribution in [3.05, 3.63) is 82.2 Å². The highest BCUT2D eigenvalue weighted by Gasteiger charge is 2.13. The molecular weight excluding hydrogens is 430 g/mol. The maximum absolute atomic E-state index is 12.4. The summed E-state index contributed by atoms with van der Waals surface area (Å²) >= 11 is 3.35. The number of carbonyl (C=O) groups excluding carboxylic acids is 1. The van der Waals surface area contributed by atoms with Crippen LogP contribution >= 0.6 is 15.9 Å². The molecule has 0 aliphatic rings. The van der Waals surface area contributed by atoms with Crippen molar-refractivity contribution in [1.82, 2.24) is 5.32 Å². The lowest BCUT2D eigenvalue weighted by Gasteiger charge is -2.05. The van der Waals surface area contributed by atoms with Crippen molar-refractivity contribution in [2.45, 2.75) is 17.2 Å². The van der Waals surface area contributed by atoms with E-state index in [2.05, 4.69) is 21.2 Å². The van der Waals surface area contributed by atoms with Gasteiger partial charge >= 0.3 is 0 Å². The minimum absolute atomic E-state index is 0.195. The molecule has 7 heteroatoms. The molecule has 0 saturated heterocycles. The van der Waals surface area contributed by atoms with Gasteiger partial charge in [-0.15, -0.1) is 0 Å². The number of hydrogen-bond acceptors (Lipinski definition) is 4. The molecule has 0 bridgehead atoms. The summed E-state index contributed by atoms with van der Waals surface area (Å²) in [4.78, 5) is 13.0. The number of amides is 1. The summed E-state index contributed by atoms with van der Waals surface area (Å²) in [5.41, 5.74) is 0.922. The normalized spacial score (nSPS) is 11.8. The molecule has 0 spiro atoms. The van der Waals surface area contributed by atoms with Crippen molar-refractivity contribution >= 4 is 32.6 Å². The summed E-state index contributed by atoms with van der Waals surface area (Å²) in [6.07, 6.45) is 0. The first kappa shape index (κ1) is 19.4. The Bertz CT molecular complexity index is 953. The average molecular weight is 448 g/mol. The Balaban J connectivity index is 1.58. The zero-order chi connectivity index (χ0) is 19.2. The van der Waals surface area contributed by atoms with E-state index in [9.17, 15) is 9.00 Å². The van der Waals surface area contributed by atoms with Crippen LogP contribution in [0.5, 0.6) is 5.75 Å². The number of nitrogens with one attached hydrogen (secondary N) is 1. The molecule has 3 rings (SSSR count). The van der Waals surface area contributed by atoms with E-state index in [1.165, 1.54) is 0 Å². The van der Waals surface area contributed by atoms with E-state index < -0.39 is 10.8 Å². The van der Waals surface area contributed by atoms with Crippen LogP contribution in [0.15, 0.2) is 74.4 Å². The Morgan fingerprint density at radius 3 is 2.67 bits per heavy atom. The lowest BCUT2D eigenvalue weighted by atomic mass is 10.2. The largest absolute Gasteiger partial charge is 0.497 e. The van der Waals surface area contributed by atoms with Crippen molar-refractivity contribution in [3.8, 4) is 5.75 Å². The number of halogens is 1. The minimum Gasteiger partial charge on any atom is -0.497 e. The topological polar surface area (TPSA) is 68.5 Å². The van der Waals surface area contributed by atoms with E-state index in [0.717, 1.165) is 15.8 Å². The molecule has 0 saturated carbocycles. The van der Waals surface area contributed by atoms with Crippen molar-refractivity contribution in [3.63, 3.8) is 0 Å². The quantitative estimate of drug-likeness (QED) is 0.586. The second-order valence-corrected chi connectivity index (χ2v) is 8.11. The van der Waals surface area contributed by atoms with Crippen LogP contribution < -0.4 is 10.1 Å². The van der Waals surface area contributed by atoms with Gasteiger partial charge < -0.3 is 14.5 Å². The summed E-state index contributed by atoms with van der Waals surface area (Å²) in [5.74, 6) is 1.32. The smallest absolute Gasteiger partial charge is 0.287 e. The predicted octanol–water partition coefficient (Wildman–Crippen LogP) is 4.29. The molecule has 0 radical (unpaired) electrons. The first-order valence-electron chi connectivity index (χ1n) is 8.19. The second-order valence-electron chi connectivity index (χ2n) is 5.74.